The quantitative estimate of drug-likeness (QED) is 0.635. The van der Waals surface area contributed by atoms with Gasteiger partial charge in [0.15, 0.2) is 5.76 Å². The molecule has 7 heteroatoms. The Bertz CT molecular complexity index is 624. The highest BCUT2D eigenvalue weighted by Gasteiger charge is 2.37. The lowest BCUT2D eigenvalue weighted by Gasteiger charge is -2.23. The first kappa shape index (κ1) is 17.2. The molecule has 118 valence electrons. The summed E-state index contributed by atoms with van der Waals surface area (Å²) in [4.78, 5) is 12.4. The van der Waals surface area contributed by atoms with Crippen LogP contribution in [-0.2, 0) is 6.54 Å². The summed E-state index contributed by atoms with van der Waals surface area (Å²) in [6.45, 7) is 2.30. The molecule has 0 bridgehead atoms. The van der Waals surface area contributed by atoms with Crippen LogP contribution in [0, 0.1) is 6.92 Å². The van der Waals surface area contributed by atoms with Crippen LogP contribution in [0.1, 0.15) is 21.7 Å². The molecule has 4 nitrogen and oxygen atoms in total. The maximum atomic E-state index is 12.4. The van der Waals surface area contributed by atoms with E-state index in [-0.39, 0.29) is 5.91 Å². The molecule has 1 heterocycles. The maximum Gasteiger partial charge on any atom is 0.262 e. The molecule has 1 aromatic carbocycles. The van der Waals surface area contributed by atoms with E-state index in [1.54, 1.807) is 29.8 Å². The molecule has 0 saturated carbocycles. The molecule has 0 radical (unpaired) electrons. The Morgan fingerprint density at radius 1 is 1.27 bits per heavy atom. The number of alkyl halides is 3. The SMILES string of the molecule is Cc1ccccc1C(=O)NC([NH2+]Cc1ccco1)C(Cl)(Cl)Cl. The molecule has 2 aromatic rings. The van der Waals surface area contributed by atoms with Crippen LogP contribution in [0.2, 0.25) is 0 Å². The van der Waals surface area contributed by atoms with Gasteiger partial charge in [0, 0.05) is 5.56 Å². The van der Waals surface area contributed by atoms with Gasteiger partial charge >= 0.3 is 0 Å². The van der Waals surface area contributed by atoms with Gasteiger partial charge in [-0.1, -0.05) is 53.0 Å². The predicted octanol–water partition coefficient (Wildman–Crippen LogP) is 2.78. The summed E-state index contributed by atoms with van der Waals surface area (Å²) >= 11 is 17.9. The molecule has 0 saturated heterocycles. The van der Waals surface area contributed by atoms with Gasteiger partial charge in [-0.2, -0.15) is 0 Å². The van der Waals surface area contributed by atoms with Gasteiger partial charge in [0.25, 0.3) is 9.70 Å². The van der Waals surface area contributed by atoms with E-state index in [0.717, 1.165) is 11.3 Å². The van der Waals surface area contributed by atoms with Crippen molar-refractivity contribution in [2.75, 3.05) is 0 Å². The normalized spacial score (nSPS) is 12.9. The van der Waals surface area contributed by atoms with E-state index >= 15 is 0 Å². The minimum atomic E-state index is -1.65. The summed E-state index contributed by atoms with van der Waals surface area (Å²) in [7, 11) is 0. The Labute approximate surface area is 143 Å². The highest BCUT2D eigenvalue weighted by molar-refractivity contribution is 6.68. The second-order valence-electron chi connectivity index (χ2n) is 4.83. The van der Waals surface area contributed by atoms with Crippen molar-refractivity contribution in [2.24, 2.45) is 0 Å². The Hall–Kier alpha value is -1.20. The largest absolute Gasteiger partial charge is 0.463 e. The van der Waals surface area contributed by atoms with Gasteiger partial charge in [0.2, 0.25) is 6.17 Å². The number of hydrogen-bond donors (Lipinski definition) is 2. The van der Waals surface area contributed by atoms with Crippen LogP contribution >= 0.6 is 34.8 Å². The number of furan rings is 1. The van der Waals surface area contributed by atoms with E-state index in [1.807, 2.05) is 25.1 Å². The molecule has 22 heavy (non-hydrogen) atoms. The number of nitrogens with one attached hydrogen (secondary N) is 1. The molecule has 3 N–H and O–H groups in total. The van der Waals surface area contributed by atoms with Crippen molar-refractivity contribution in [3.8, 4) is 0 Å². The average molecular weight is 363 g/mol. The first-order valence-corrected chi connectivity index (χ1v) is 7.80. The second kappa shape index (κ2) is 7.38. The first-order valence-electron chi connectivity index (χ1n) is 6.67. The smallest absolute Gasteiger partial charge is 0.262 e. The van der Waals surface area contributed by atoms with Crippen molar-refractivity contribution in [2.45, 2.75) is 23.4 Å². The van der Waals surface area contributed by atoms with Crippen molar-refractivity contribution < 1.29 is 14.5 Å². The number of hydrogen-bond acceptors (Lipinski definition) is 2. The number of carbonyl (C=O) groups is 1. The molecule has 0 spiro atoms. The summed E-state index contributed by atoms with van der Waals surface area (Å²) < 4.78 is 3.58. The number of nitrogens with two attached hydrogens (primary N) is 1. The zero-order chi connectivity index (χ0) is 16.2. The third-order valence-electron chi connectivity index (χ3n) is 3.16. The van der Waals surface area contributed by atoms with Gasteiger partial charge in [-0.3, -0.25) is 10.1 Å². The van der Waals surface area contributed by atoms with Crippen molar-refractivity contribution in [1.82, 2.24) is 5.32 Å². The molecule has 2 rings (SSSR count). The molecular weight excluding hydrogens is 347 g/mol. The molecule has 0 aliphatic rings. The van der Waals surface area contributed by atoms with Gasteiger partial charge in [-0.25, -0.2) is 0 Å². The summed E-state index contributed by atoms with van der Waals surface area (Å²) in [5.74, 6) is 0.439. The maximum absolute atomic E-state index is 12.4. The van der Waals surface area contributed by atoms with Gasteiger partial charge in [0.1, 0.15) is 6.54 Å². The first-order chi connectivity index (χ1) is 10.4. The number of amides is 1. The number of quaternary nitrogens is 1. The van der Waals surface area contributed by atoms with Crippen LogP contribution in [0.3, 0.4) is 0 Å². The van der Waals surface area contributed by atoms with Crippen LogP contribution in [0.5, 0.6) is 0 Å². The second-order valence-corrected chi connectivity index (χ2v) is 7.20. The molecule has 0 aliphatic heterocycles. The third kappa shape index (κ3) is 4.65. The molecule has 1 atom stereocenters. The van der Waals surface area contributed by atoms with Crippen LogP contribution in [0.25, 0.3) is 0 Å². The summed E-state index contributed by atoms with van der Waals surface area (Å²) in [6, 6.07) is 10.8. The van der Waals surface area contributed by atoms with Crippen LogP contribution in [-0.4, -0.2) is 15.9 Å². The Morgan fingerprint density at radius 3 is 2.59 bits per heavy atom. The highest BCUT2D eigenvalue weighted by Crippen LogP contribution is 2.27. The molecule has 1 unspecified atom stereocenters. The number of rotatable bonds is 5. The highest BCUT2D eigenvalue weighted by atomic mass is 35.6. The van der Waals surface area contributed by atoms with Gasteiger partial charge in [-0.05, 0) is 30.7 Å². The molecule has 0 fully saturated rings. The van der Waals surface area contributed by atoms with E-state index in [4.69, 9.17) is 39.2 Å². The van der Waals surface area contributed by atoms with Crippen molar-refractivity contribution in [1.29, 1.82) is 0 Å². The molecule has 1 aromatic heterocycles. The van der Waals surface area contributed by atoms with E-state index < -0.39 is 9.96 Å². The Morgan fingerprint density at radius 2 is 2.00 bits per heavy atom. The van der Waals surface area contributed by atoms with E-state index in [2.05, 4.69) is 5.32 Å². The third-order valence-corrected chi connectivity index (χ3v) is 3.87. The van der Waals surface area contributed by atoms with Crippen LogP contribution in [0.4, 0.5) is 0 Å². The summed E-state index contributed by atoms with van der Waals surface area (Å²) in [5, 5.41) is 4.45. The zero-order valence-corrected chi connectivity index (χ0v) is 14.1. The number of carbonyl (C=O) groups excluding carboxylic acids is 1. The lowest BCUT2D eigenvalue weighted by Crippen LogP contribution is -2.95. The number of halogens is 3. The van der Waals surface area contributed by atoms with E-state index in [0.29, 0.717) is 12.1 Å². The minimum absolute atomic E-state index is 0.287. The van der Waals surface area contributed by atoms with Gasteiger partial charge < -0.3 is 9.73 Å². The molecular formula is C15H16Cl3N2O2+. The summed E-state index contributed by atoms with van der Waals surface area (Å²) in [6.07, 6.45) is 0.828. The lowest BCUT2D eigenvalue weighted by atomic mass is 10.1. The monoisotopic (exact) mass is 361 g/mol. The Kier molecular flexibility index (Phi) is 5.75. The van der Waals surface area contributed by atoms with E-state index in [1.165, 1.54) is 0 Å². The minimum Gasteiger partial charge on any atom is -0.463 e. The van der Waals surface area contributed by atoms with E-state index in [9.17, 15) is 4.79 Å². The molecule has 1 amide bonds. The Balaban J connectivity index is 2.06. The lowest BCUT2D eigenvalue weighted by molar-refractivity contribution is -0.708. The van der Waals surface area contributed by atoms with Crippen LogP contribution in [0.15, 0.2) is 47.1 Å². The number of benzene rings is 1. The molecule has 0 aliphatic carbocycles. The van der Waals surface area contributed by atoms with Crippen LogP contribution < -0.4 is 10.6 Å². The van der Waals surface area contributed by atoms with Crippen molar-refractivity contribution >= 4 is 40.7 Å². The fraction of sp³-hybridized carbons (Fsp3) is 0.267. The summed E-state index contributed by atoms with van der Waals surface area (Å²) in [5.41, 5.74) is 1.40. The zero-order valence-electron chi connectivity index (χ0n) is 11.9. The van der Waals surface area contributed by atoms with Gasteiger partial charge in [0.05, 0.1) is 6.26 Å². The fourth-order valence-corrected chi connectivity index (χ4v) is 2.41. The number of aryl methyl sites for hydroxylation is 1. The van der Waals surface area contributed by atoms with Crippen molar-refractivity contribution in [3.05, 3.63) is 59.5 Å². The average Bonchev–Trinajstić information content (AvgIpc) is 2.95. The fourth-order valence-electron chi connectivity index (χ4n) is 1.98. The standard InChI is InChI=1S/C15H15Cl3N2O2/c1-10-5-2-3-7-12(10)13(21)20-14(15(16,17)18)19-9-11-6-4-8-22-11/h2-8,14,19H,9H2,1H3,(H,20,21)/p+1. The predicted molar refractivity (Wildman–Crippen MR) is 87.1 cm³/mol. The topological polar surface area (TPSA) is 58.9 Å². The van der Waals surface area contributed by atoms with Gasteiger partial charge in [-0.15, -0.1) is 0 Å². The van der Waals surface area contributed by atoms with Crippen molar-refractivity contribution in [3.63, 3.8) is 0 Å².